The summed E-state index contributed by atoms with van der Waals surface area (Å²) in [7, 11) is -4.02. The number of benzene rings is 2. The normalized spacial score (nSPS) is 13.9. The molecular weight excluding hydrogens is 534 g/mol. The van der Waals surface area contributed by atoms with Gasteiger partial charge in [-0.3, -0.25) is 9.54 Å². The van der Waals surface area contributed by atoms with Gasteiger partial charge in [-0.15, -0.1) is 10.2 Å². The fourth-order valence-corrected chi connectivity index (χ4v) is 4.22. The number of aromatic nitrogens is 3. The van der Waals surface area contributed by atoms with Crippen molar-refractivity contribution in [2.24, 2.45) is 0 Å². The van der Waals surface area contributed by atoms with E-state index in [-0.39, 0.29) is 16.7 Å². The maximum atomic E-state index is 13.4. The van der Waals surface area contributed by atoms with Crippen LogP contribution in [0.15, 0.2) is 76.3 Å². The molecule has 0 unspecified atom stereocenters. The summed E-state index contributed by atoms with van der Waals surface area (Å²) in [5.74, 6) is -0.990. The SMILES string of the molecule is Cc1ccc(S(=O)(=O)O)cc1.O=C(Oc1cccnc1)N1CCC(c2nnc(-c3ccc(F)c(F)c3)o2)CC1. The number of aryl methyl sites for hydroxylation is 1. The smallest absolute Gasteiger partial charge is 0.415 e. The Balaban J connectivity index is 0.000000270. The van der Waals surface area contributed by atoms with Crippen LogP contribution >= 0.6 is 0 Å². The van der Waals surface area contributed by atoms with Gasteiger partial charge >= 0.3 is 6.09 Å². The second-order valence-electron chi connectivity index (χ2n) is 8.68. The van der Waals surface area contributed by atoms with Crippen molar-refractivity contribution in [3.8, 4) is 17.2 Å². The highest BCUT2D eigenvalue weighted by molar-refractivity contribution is 7.85. The zero-order valence-electron chi connectivity index (χ0n) is 20.7. The summed E-state index contributed by atoms with van der Waals surface area (Å²) in [4.78, 5) is 17.7. The minimum Gasteiger partial charge on any atom is -0.420 e. The molecule has 1 aliphatic rings. The van der Waals surface area contributed by atoms with Crippen LogP contribution in [0.1, 0.15) is 30.2 Å². The molecule has 13 heteroatoms. The summed E-state index contributed by atoms with van der Waals surface area (Å²) in [6.07, 6.45) is 3.90. The Hall–Kier alpha value is -4.23. The molecule has 1 saturated heterocycles. The van der Waals surface area contributed by atoms with Gasteiger partial charge in [0.05, 0.1) is 11.1 Å². The fraction of sp³-hybridized carbons (Fsp3) is 0.231. The van der Waals surface area contributed by atoms with E-state index in [0.29, 0.717) is 43.1 Å². The van der Waals surface area contributed by atoms with Gasteiger partial charge in [-0.2, -0.15) is 8.42 Å². The van der Waals surface area contributed by atoms with E-state index in [0.717, 1.165) is 17.7 Å². The lowest BCUT2D eigenvalue weighted by Gasteiger charge is -2.29. The molecule has 0 spiro atoms. The quantitative estimate of drug-likeness (QED) is 0.342. The average Bonchev–Trinajstić information content (AvgIpc) is 3.41. The van der Waals surface area contributed by atoms with Gasteiger partial charge < -0.3 is 14.1 Å². The molecule has 1 fully saturated rings. The molecule has 1 N–H and O–H groups in total. The van der Waals surface area contributed by atoms with Crippen LogP contribution in [0.2, 0.25) is 0 Å². The third-order valence-corrected chi connectivity index (χ3v) is 6.74. The average molecular weight is 559 g/mol. The summed E-state index contributed by atoms with van der Waals surface area (Å²) < 4.78 is 66.9. The van der Waals surface area contributed by atoms with Gasteiger partial charge in [0.25, 0.3) is 10.1 Å². The van der Waals surface area contributed by atoms with Crippen molar-refractivity contribution in [2.45, 2.75) is 30.6 Å². The Labute approximate surface area is 223 Å². The number of pyridine rings is 1. The Bertz CT molecular complexity index is 1520. The van der Waals surface area contributed by atoms with Gasteiger partial charge in [-0.25, -0.2) is 13.6 Å². The monoisotopic (exact) mass is 558 g/mol. The molecule has 0 radical (unpaired) electrons. The zero-order chi connectivity index (χ0) is 28.0. The number of halogens is 2. The van der Waals surface area contributed by atoms with E-state index in [1.54, 1.807) is 35.4 Å². The number of carbonyl (C=O) groups excluding carboxylic acids is 1. The third-order valence-electron chi connectivity index (χ3n) is 5.87. The molecular formula is C26H24F2N4O6S. The van der Waals surface area contributed by atoms with Crippen LogP contribution in [0.25, 0.3) is 11.5 Å². The Morgan fingerprint density at radius 1 is 1.05 bits per heavy atom. The van der Waals surface area contributed by atoms with E-state index in [1.807, 2.05) is 6.92 Å². The van der Waals surface area contributed by atoms with E-state index in [1.165, 1.54) is 24.4 Å². The molecule has 0 aliphatic carbocycles. The molecule has 204 valence electrons. The Morgan fingerprint density at radius 2 is 1.77 bits per heavy atom. The number of hydrogen-bond donors (Lipinski definition) is 1. The molecule has 1 aliphatic heterocycles. The van der Waals surface area contributed by atoms with Crippen molar-refractivity contribution < 1.29 is 35.7 Å². The Kier molecular flexibility index (Phi) is 8.62. The number of amides is 1. The van der Waals surface area contributed by atoms with E-state index < -0.39 is 27.8 Å². The second-order valence-corrected chi connectivity index (χ2v) is 10.1. The molecule has 2 aromatic heterocycles. The van der Waals surface area contributed by atoms with E-state index in [9.17, 15) is 22.0 Å². The number of piperidine rings is 1. The number of carbonyl (C=O) groups is 1. The molecule has 0 atom stereocenters. The first-order valence-electron chi connectivity index (χ1n) is 11.8. The number of likely N-dealkylation sites (tertiary alicyclic amines) is 1. The topological polar surface area (TPSA) is 136 Å². The molecule has 4 aromatic rings. The predicted octanol–water partition coefficient (Wildman–Crippen LogP) is 5.03. The molecule has 3 heterocycles. The van der Waals surface area contributed by atoms with Crippen molar-refractivity contribution in [1.29, 1.82) is 0 Å². The highest BCUT2D eigenvalue weighted by Gasteiger charge is 2.28. The molecule has 0 saturated carbocycles. The van der Waals surface area contributed by atoms with Crippen LogP contribution in [0, 0.1) is 18.6 Å². The first-order valence-corrected chi connectivity index (χ1v) is 13.2. The van der Waals surface area contributed by atoms with Crippen molar-refractivity contribution >= 4 is 16.2 Å². The summed E-state index contributed by atoms with van der Waals surface area (Å²) >= 11 is 0. The van der Waals surface area contributed by atoms with Gasteiger partial charge in [0.2, 0.25) is 11.8 Å². The van der Waals surface area contributed by atoms with Crippen LogP contribution in [0.4, 0.5) is 13.6 Å². The standard InChI is InChI=1S/C19H16F2N4O3.C7H8O3S/c20-15-4-3-13(10-16(15)21)18-24-23-17(28-18)12-5-8-25(9-6-12)19(26)27-14-2-1-7-22-11-14;1-6-2-4-7(5-3-6)11(8,9)10/h1-4,7,10-12H,5-6,8-9H2;2-5H,1H3,(H,8,9,10). The van der Waals surface area contributed by atoms with Crippen LogP contribution in [0.5, 0.6) is 5.75 Å². The minimum atomic E-state index is -4.02. The number of nitrogens with zero attached hydrogens (tertiary/aromatic N) is 4. The fourth-order valence-electron chi connectivity index (χ4n) is 3.74. The van der Waals surface area contributed by atoms with E-state index >= 15 is 0 Å². The number of ether oxygens (including phenoxy) is 1. The highest BCUT2D eigenvalue weighted by atomic mass is 32.2. The van der Waals surface area contributed by atoms with Crippen molar-refractivity contribution in [3.05, 3.63) is 90.1 Å². The first kappa shape index (κ1) is 27.8. The summed E-state index contributed by atoms with van der Waals surface area (Å²) in [5.41, 5.74) is 1.27. The van der Waals surface area contributed by atoms with Gasteiger partial charge in [0.15, 0.2) is 17.4 Å². The minimum absolute atomic E-state index is 0.0195. The summed E-state index contributed by atoms with van der Waals surface area (Å²) in [5, 5.41) is 7.95. The highest BCUT2D eigenvalue weighted by Crippen LogP contribution is 2.30. The molecule has 1 amide bonds. The maximum Gasteiger partial charge on any atom is 0.415 e. The predicted molar refractivity (Wildman–Crippen MR) is 134 cm³/mol. The largest absolute Gasteiger partial charge is 0.420 e. The third kappa shape index (κ3) is 7.42. The molecule has 5 rings (SSSR count). The second kappa shape index (κ2) is 12.1. The summed E-state index contributed by atoms with van der Waals surface area (Å²) in [6, 6.07) is 12.8. The summed E-state index contributed by atoms with van der Waals surface area (Å²) in [6.45, 7) is 2.80. The van der Waals surface area contributed by atoms with Gasteiger partial charge in [0.1, 0.15) is 0 Å². The molecule has 2 aromatic carbocycles. The lowest BCUT2D eigenvalue weighted by atomic mass is 9.97. The maximum absolute atomic E-state index is 13.4. The van der Waals surface area contributed by atoms with Gasteiger partial charge in [0, 0.05) is 30.8 Å². The van der Waals surface area contributed by atoms with Crippen LogP contribution < -0.4 is 4.74 Å². The van der Waals surface area contributed by atoms with Crippen LogP contribution in [-0.4, -0.2) is 52.2 Å². The van der Waals surface area contributed by atoms with Gasteiger partial charge in [-0.1, -0.05) is 17.7 Å². The van der Waals surface area contributed by atoms with E-state index in [4.69, 9.17) is 13.7 Å². The van der Waals surface area contributed by atoms with Crippen LogP contribution in [-0.2, 0) is 10.1 Å². The molecule has 10 nitrogen and oxygen atoms in total. The van der Waals surface area contributed by atoms with E-state index in [2.05, 4.69) is 15.2 Å². The lowest BCUT2D eigenvalue weighted by molar-refractivity contribution is 0.136. The number of hydrogen-bond acceptors (Lipinski definition) is 8. The van der Waals surface area contributed by atoms with Crippen LogP contribution in [0.3, 0.4) is 0 Å². The molecule has 39 heavy (non-hydrogen) atoms. The Morgan fingerprint density at radius 3 is 2.38 bits per heavy atom. The first-order chi connectivity index (χ1) is 18.6. The lowest BCUT2D eigenvalue weighted by Crippen LogP contribution is -2.39. The number of rotatable bonds is 4. The van der Waals surface area contributed by atoms with Crippen molar-refractivity contribution in [2.75, 3.05) is 13.1 Å². The van der Waals surface area contributed by atoms with Crippen molar-refractivity contribution in [1.82, 2.24) is 20.1 Å². The van der Waals surface area contributed by atoms with Gasteiger partial charge in [-0.05, 0) is 62.2 Å². The molecule has 0 bridgehead atoms. The zero-order valence-corrected chi connectivity index (χ0v) is 21.5. The van der Waals surface area contributed by atoms with Crippen molar-refractivity contribution in [3.63, 3.8) is 0 Å².